The molecule has 2 aliphatic rings. The molecule has 0 aromatic heterocycles. The molecule has 176 valence electrons. The number of methoxy groups -OCH3 is 2. The van der Waals surface area contributed by atoms with Crippen molar-refractivity contribution in [1.29, 1.82) is 0 Å². The van der Waals surface area contributed by atoms with Crippen LogP contribution < -0.4 is 14.8 Å². The van der Waals surface area contributed by atoms with Gasteiger partial charge in [-0.25, -0.2) is 0 Å². The number of carbonyl (C=O) groups excluding carboxylic acids is 2. The average Bonchev–Trinajstić information content (AvgIpc) is 3.37. The molecule has 0 radical (unpaired) electrons. The highest BCUT2D eigenvalue weighted by Crippen LogP contribution is 2.45. The molecule has 2 aliphatic heterocycles. The monoisotopic (exact) mass is 470 g/mol. The Hall–Kier alpha value is -2.71. The minimum Gasteiger partial charge on any atom is -0.493 e. The van der Waals surface area contributed by atoms with E-state index in [2.05, 4.69) is 5.32 Å². The van der Waals surface area contributed by atoms with Crippen LogP contribution >= 0.6 is 11.8 Å². The zero-order chi connectivity index (χ0) is 23.5. The highest BCUT2D eigenvalue weighted by atomic mass is 32.2. The summed E-state index contributed by atoms with van der Waals surface area (Å²) >= 11 is 1.65. The molecule has 0 bridgehead atoms. The maximum absolute atomic E-state index is 13.6. The van der Waals surface area contributed by atoms with E-state index in [-0.39, 0.29) is 17.9 Å². The molecule has 2 aromatic rings. The van der Waals surface area contributed by atoms with Gasteiger partial charge in [0.2, 0.25) is 5.91 Å². The van der Waals surface area contributed by atoms with E-state index in [1.807, 2.05) is 30.5 Å². The standard InChI is InChI=1S/C25H30N2O5S/c1-27-23(15-7-9-17(33-4)10-8-15)22(24(28)26-14-16-6-5-11-32-16)18-12-20(30-2)21(31-3)13-19(18)25(27)29/h7-10,12-13,16,22-23H,5-6,11,14H2,1-4H3,(H,26,28). The quantitative estimate of drug-likeness (QED) is 0.623. The van der Waals surface area contributed by atoms with E-state index >= 15 is 0 Å². The highest BCUT2D eigenvalue weighted by Gasteiger charge is 2.43. The van der Waals surface area contributed by atoms with Crippen molar-refractivity contribution >= 4 is 23.6 Å². The third-order valence-corrected chi connectivity index (χ3v) is 7.19. The van der Waals surface area contributed by atoms with Crippen molar-refractivity contribution in [2.24, 2.45) is 0 Å². The fourth-order valence-electron chi connectivity index (χ4n) is 4.68. The summed E-state index contributed by atoms with van der Waals surface area (Å²) in [6.45, 7) is 1.18. The first-order valence-corrected chi connectivity index (χ1v) is 12.3. The van der Waals surface area contributed by atoms with Crippen LogP contribution in [-0.2, 0) is 9.53 Å². The summed E-state index contributed by atoms with van der Waals surface area (Å²) in [5, 5.41) is 3.08. The summed E-state index contributed by atoms with van der Waals surface area (Å²) in [6.07, 6.45) is 3.99. The fraction of sp³-hybridized carbons (Fsp3) is 0.440. The van der Waals surface area contributed by atoms with Gasteiger partial charge in [-0.1, -0.05) is 12.1 Å². The Morgan fingerprint density at radius 3 is 2.48 bits per heavy atom. The second-order valence-corrected chi connectivity index (χ2v) is 9.17. The van der Waals surface area contributed by atoms with Crippen molar-refractivity contribution in [2.75, 3.05) is 40.7 Å². The van der Waals surface area contributed by atoms with Gasteiger partial charge in [0, 0.05) is 30.7 Å². The summed E-state index contributed by atoms with van der Waals surface area (Å²) in [7, 11) is 4.82. The first-order chi connectivity index (χ1) is 16.0. The minimum atomic E-state index is -0.607. The van der Waals surface area contributed by atoms with Gasteiger partial charge in [0.1, 0.15) is 0 Å². The second-order valence-electron chi connectivity index (χ2n) is 8.29. The molecule has 33 heavy (non-hydrogen) atoms. The van der Waals surface area contributed by atoms with Gasteiger partial charge < -0.3 is 24.4 Å². The number of hydrogen-bond acceptors (Lipinski definition) is 6. The topological polar surface area (TPSA) is 77.1 Å². The second kappa shape index (κ2) is 10.1. The Kier molecular flexibility index (Phi) is 7.14. The first kappa shape index (κ1) is 23.4. The molecule has 2 heterocycles. The Morgan fingerprint density at radius 1 is 1.18 bits per heavy atom. The predicted octanol–water partition coefficient (Wildman–Crippen LogP) is 3.63. The zero-order valence-electron chi connectivity index (χ0n) is 19.4. The molecule has 1 fully saturated rings. The van der Waals surface area contributed by atoms with E-state index in [0.717, 1.165) is 29.9 Å². The summed E-state index contributed by atoms with van der Waals surface area (Å²) in [5.74, 6) is 0.0377. The third kappa shape index (κ3) is 4.54. The van der Waals surface area contributed by atoms with E-state index in [9.17, 15) is 9.59 Å². The van der Waals surface area contributed by atoms with Gasteiger partial charge >= 0.3 is 0 Å². The van der Waals surface area contributed by atoms with Crippen molar-refractivity contribution in [3.8, 4) is 11.5 Å². The van der Waals surface area contributed by atoms with Gasteiger partial charge in [0.15, 0.2) is 11.5 Å². The van der Waals surface area contributed by atoms with Gasteiger partial charge in [-0.2, -0.15) is 0 Å². The van der Waals surface area contributed by atoms with Gasteiger partial charge in [-0.15, -0.1) is 11.8 Å². The van der Waals surface area contributed by atoms with Crippen molar-refractivity contribution in [1.82, 2.24) is 10.2 Å². The van der Waals surface area contributed by atoms with E-state index in [1.54, 1.807) is 43.0 Å². The van der Waals surface area contributed by atoms with Crippen molar-refractivity contribution < 1.29 is 23.8 Å². The predicted molar refractivity (Wildman–Crippen MR) is 127 cm³/mol. The van der Waals surface area contributed by atoms with Crippen molar-refractivity contribution in [3.63, 3.8) is 0 Å². The number of rotatable bonds is 7. The lowest BCUT2D eigenvalue weighted by Crippen LogP contribution is -2.46. The third-order valence-electron chi connectivity index (χ3n) is 6.44. The van der Waals surface area contributed by atoms with Gasteiger partial charge in [-0.3, -0.25) is 9.59 Å². The maximum Gasteiger partial charge on any atom is 0.254 e. The largest absolute Gasteiger partial charge is 0.493 e. The molecule has 2 amide bonds. The summed E-state index contributed by atoms with van der Waals surface area (Å²) < 4.78 is 16.6. The molecule has 3 atom stereocenters. The molecule has 0 saturated carbocycles. The molecule has 7 nitrogen and oxygen atoms in total. The van der Waals surface area contributed by atoms with Crippen LogP contribution in [0.5, 0.6) is 11.5 Å². The van der Waals surface area contributed by atoms with Crippen LogP contribution in [0, 0.1) is 0 Å². The lowest BCUT2D eigenvalue weighted by atomic mass is 9.79. The number of nitrogens with zero attached hydrogens (tertiary/aromatic N) is 1. The number of carbonyl (C=O) groups is 2. The molecule has 3 unspecified atom stereocenters. The van der Waals surface area contributed by atoms with Crippen LogP contribution in [-0.4, -0.2) is 63.5 Å². The van der Waals surface area contributed by atoms with Crippen molar-refractivity contribution in [3.05, 3.63) is 53.1 Å². The molecular weight excluding hydrogens is 440 g/mol. The van der Waals surface area contributed by atoms with Gasteiger partial charge in [-0.05, 0) is 54.5 Å². The summed E-state index contributed by atoms with van der Waals surface area (Å²) in [6, 6.07) is 11.0. The molecule has 0 spiro atoms. The number of hydrogen-bond donors (Lipinski definition) is 1. The molecule has 2 aromatic carbocycles. The van der Waals surface area contributed by atoms with Crippen LogP contribution in [0.25, 0.3) is 0 Å². The van der Waals surface area contributed by atoms with E-state index in [4.69, 9.17) is 14.2 Å². The highest BCUT2D eigenvalue weighted by molar-refractivity contribution is 7.98. The number of benzene rings is 2. The molecule has 0 aliphatic carbocycles. The van der Waals surface area contributed by atoms with Gasteiger partial charge in [0.05, 0.1) is 32.3 Å². The smallest absolute Gasteiger partial charge is 0.254 e. The minimum absolute atomic E-state index is 0.0288. The normalized spacial score (nSPS) is 22.1. The molecule has 8 heteroatoms. The number of likely N-dealkylation sites (N-methyl/N-ethyl adjacent to an activating group) is 1. The van der Waals surface area contributed by atoms with Crippen LogP contribution in [0.2, 0.25) is 0 Å². The lowest BCUT2D eigenvalue weighted by molar-refractivity contribution is -0.124. The van der Waals surface area contributed by atoms with Crippen LogP contribution in [0.15, 0.2) is 41.3 Å². The number of fused-ring (bicyclic) bond motifs is 1. The van der Waals surface area contributed by atoms with E-state index in [0.29, 0.717) is 29.2 Å². The van der Waals surface area contributed by atoms with Gasteiger partial charge in [0.25, 0.3) is 5.91 Å². The average molecular weight is 471 g/mol. The van der Waals surface area contributed by atoms with E-state index in [1.165, 1.54) is 7.11 Å². The molecule has 1 saturated heterocycles. The zero-order valence-corrected chi connectivity index (χ0v) is 20.2. The Bertz CT molecular complexity index is 1020. The van der Waals surface area contributed by atoms with Crippen LogP contribution in [0.1, 0.15) is 46.3 Å². The number of amides is 2. The fourth-order valence-corrected chi connectivity index (χ4v) is 5.09. The Morgan fingerprint density at radius 2 is 1.88 bits per heavy atom. The number of ether oxygens (including phenoxy) is 3. The number of thioether (sulfide) groups is 1. The molecule has 4 rings (SSSR count). The lowest BCUT2D eigenvalue weighted by Gasteiger charge is -2.40. The molecule has 1 N–H and O–H groups in total. The Labute approximate surface area is 198 Å². The number of nitrogens with one attached hydrogen (secondary N) is 1. The first-order valence-electron chi connectivity index (χ1n) is 11.0. The Balaban J connectivity index is 1.78. The summed E-state index contributed by atoms with van der Waals surface area (Å²) in [5.41, 5.74) is 1.99. The van der Waals surface area contributed by atoms with Crippen LogP contribution in [0.4, 0.5) is 0 Å². The summed E-state index contributed by atoms with van der Waals surface area (Å²) in [4.78, 5) is 29.8. The van der Waals surface area contributed by atoms with E-state index < -0.39 is 12.0 Å². The maximum atomic E-state index is 13.6. The van der Waals surface area contributed by atoms with Crippen molar-refractivity contribution in [2.45, 2.75) is 35.8 Å². The SMILES string of the molecule is COc1cc2c(cc1OC)C(C(=O)NCC1CCCO1)C(c1ccc(SC)cc1)N(C)C2=O. The van der Waals surface area contributed by atoms with Crippen LogP contribution in [0.3, 0.4) is 0 Å². The molecular formula is C25H30N2O5S.